The summed E-state index contributed by atoms with van der Waals surface area (Å²) >= 11 is 13.6. The van der Waals surface area contributed by atoms with Gasteiger partial charge in [0.05, 0.1) is 10.0 Å². The van der Waals surface area contributed by atoms with E-state index in [9.17, 15) is 9.18 Å². The number of anilines is 1. The van der Waals surface area contributed by atoms with Gasteiger partial charge in [-0.15, -0.1) is 11.3 Å². The maximum atomic E-state index is 13.1. The molecule has 1 aromatic heterocycles. The zero-order chi connectivity index (χ0) is 15.0. The molecule has 0 aliphatic rings. The molecule has 1 N–H and O–H groups in total. The van der Waals surface area contributed by atoms with Crippen LogP contribution in [0.2, 0.25) is 10.0 Å². The third kappa shape index (κ3) is 2.75. The van der Waals surface area contributed by atoms with Gasteiger partial charge in [0.2, 0.25) is 0 Å². The van der Waals surface area contributed by atoms with Crippen LogP contribution in [0.3, 0.4) is 0 Å². The molecule has 0 fully saturated rings. The van der Waals surface area contributed by atoms with Crippen LogP contribution in [0, 0.1) is 5.82 Å². The molecular formula is C15H8Cl2FNOS. The molecule has 0 saturated heterocycles. The summed E-state index contributed by atoms with van der Waals surface area (Å²) < 4.78 is 14.0. The summed E-state index contributed by atoms with van der Waals surface area (Å²) in [6, 6.07) is 11.0. The summed E-state index contributed by atoms with van der Waals surface area (Å²) in [5.74, 6) is -0.804. The average molecular weight is 340 g/mol. The zero-order valence-electron chi connectivity index (χ0n) is 10.5. The Morgan fingerprint density at radius 3 is 2.62 bits per heavy atom. The van der Waals surface area contributed by atoms with Gasteiger partial charge in [0.1, 0.15) is 10.7 Å². The first-order valence-corrected chi connectivity index (χ1v) is 7.57. The maximum absolute atomic E-state index is 13.1. The first-order valence-electron chi connectivity index (χ1n) is 5.99. The maximum Gasteiger partial charge on any atom is 0.267 e. The largest absolute Gasteiger partial charge is 0.321 e. The Morgan fingerprint density at radius 1 is 1.14 bits per heavy atom. The molecule has 0 bridgehead atoms. The van der Waals surface area contributed by atoms with E-state index in [0.717, 1.165) is 4.70 Å². The second-order valence-electron chi connectivity index (χ2n) is 4.32. The summed E-state index contributed by atoms with van der Waals surface area (Å²) in [6.45, 7) is 0. The van der Waals surface area contributed by atoms with E-state index in [2.05, 4.69) is 5.32 Å². The molecule has 0 radical (unpaired) electrons. The fourth-order valence-electron chi connectivity index (χ4n) is 1.97. The van der Waals surface area contributed by atoms with Gasteiger partial charge >= 0.3 is 0 Å². The molecule has 0 spiro atoms. The van der Waals surface area contributed by atoms with Crippen molar-refractivity contribution in [1.82, 2.24) is 0 Å². The van der Waals surface area contributed by atoms with Gasteiger partial charge < -0.3 is 5.32 Å². The van der Waals surface area contributed by atoms with Crippen LogP contribution in [0.25, 0.3) is 10.1 Å². The van der Waals surface area contributed by atoms with E-state index in [1.54, 1.807) is 18.2 Å². The number of carbonyl (C=O) groups excluding carboxylic acids is 1. The van der Waals surface area contributed by atoms with Crippen molar-refractivity contribution >= 4 is 56.2 Å². The van der Waals surface area contributed by atoms with Crippen molar-refractivity contribution in [3.8, 4) is 0 Å². The molecule has 0 saturated carbocycles. The van der Waals surface area contributed by atoms with Crippen LogP contribution in [0.1, 0.15) is 9.67 Å². The van der Waals surface area contributed by atoms with E-state index in [1.807, 2.05) is 6.07 Å². The molecule has 0 unspecified atom stereocenters. The van der Waals surface area contributed by atoms with Crippen LogP contribution in [-0.2, 0) is 0 Å². The second kappa shape index (κ2) is 5.64. The summed E-state index contributed by atoms with van der Waals surface area (Å²) in [5.41, 5.74) is 0.375. The van der Waals surface area contributed by atoms with E-state index in [1.165, 1.54) is 29.5 Å². The Morgan fingerprint density at radius 2 is 1.90 bits per heavy atom. The zero-order valence-corrected chi connectivity index (χ0v) is 12.8. The number of rotatable bonds is 2. The molecular weight excluding hydrogens is 332 g/mol. The van der Waals surface area contributed by atoms with Gasteiger partial charge in [-0.05, 0) is 30.3 Å². The van der Waals surface area contributed by atoms with Crippen molar-refractivity contribution < 1.29 is 9.18 Å². The highest BCUT2D eigenvalue weighted by molar-refractivity contribution is 7.21. The molecule has 0 atom stereocenters. The number of hydrogen-bond donors (Lipinski definition) is 1. The van der Waals surface area contributed by atoms with Crippen molar-refractivity contribution in [3.05, 3.63) is 63.2 Å². The smallest absolute Gasteiger partial charge is 0.267 e. The van der Waals surface area contributed by atoms with Gasteiger partial charge in [0.25, 0.3) is 5.91 Å². The van der Waals surface area contributed by atoms with E-state index in [0.29, 0.717) is 26.0 Å². The SMILES string of the molecule is O=C(Nc1cccc(F)c1)c1sc2cccc(Cl)c2c1Cl. The topological polar surface area (TPSA) is 29.1 Å². The van der Waals surface area contributed by atoms with Crippen LogP contribution in [-0.4, -0.2) is 5.91 Å². The molecule has 6 heteroatoms. The van der Waals surface area contributed by atoms with E-state index in [-0.39, 0.29) is 5.91 Å². The lowest BCUT2D eigenvalue weighted by Gasteiger charge is -2.03. The van der Waals surface area contributed by atoms with Crippen molar-refractivity contribution in [2.75, 3.05) is 5.32 Å². The lowest BCUT2D eigenvalue weighted by atomic mass is 10.2. The molecule has 21 heavy (non-hydrogen) atoms. The number of nitrogens with one attached hydrogen (secondary N) is 1. The molecule has 1 heterocycles. The molecule has 1 amide bonds. The summed E-state index contributed by atoms with van der Waals surface area (Å²) in [4.78, 5) is 12.6. The van der Waals surface area contributed by atoms with Gasteiger partial charge in [0, 0.05) is 15.8 Å². The number of halogens is 3. The molecule has 3 rings (SSSR count). The minimum Gasteiger partial charge on any atom is -0.321 e. The van der Waals surface area contributed by atoms with Crippen LogP contribution < -0.4 is 5.32 Å². The van der Waals surface area contributed by atoms with E-state index < -0.39 is 5.82 Å². The Hall–Kier alpha value is -1.62. The van der Waals surface area contributed by atoms with Crippen LogP contribution in [0.15, 0.2) is 42.5 Å². The predicted molar refractivity (Wildman–Crippen MR) is 86.2 cm³/mol. The number of hydrogen-bond acceptors (Lipinski definition) is 2. The van der Waals surface area contributed by atoms with Gasteiger partial charge in [-0.2, -0.15) is 0 Å². The molecule has 3 aromatic rings. The van der Waals surface area contributed by atoms with Crippen molar-refractivity contribution in [2.45, 2.75) is 0 Å². The quantitative estimate of drug-likeness (QED) is 0.646. The molecule has 0 aliphatic heterocycles. The van der Waals surface area contributed by atoms with E-state index in [4.69, 9.17) is 23.2 Å². The van der Waals surface area contributed by atoms with Crippen LogP contribution >= 0.6 is 34.5 Å². The van der Waals surface area contributed by atoms with Crippen molar-refractivity contribution in [2.24, 2.45) is 0 Å². The molecule has 106 valence electrons. The summed E-state index contributed by atoms with van der Waals surface area (Å²) in [5, 5.41) is 4.10. The van der Waals surface area contributed by atoms with Crippen molar-refractivity contribution in [3.63, 3.8) is 0 Å². The highest BCUT2D eigenvalue weighted by atomic mass is 35.5. The number of carbonyl (C=O) groups is 1. The monoisotopic (exact) mass is 339 g/mol. The molecule has 0 aliphatic carbocycles. The third-order valence-corrected chi connectivity index (χ3v) is 4.85. The standard InChI is InChI=1S/C15H8Cl2FNOS/c16-10-5-2-6-11-12(10)13(17)14(21-11)15(20)19-9-4-1-3-8(18)7-9/h1-7H,(H,19,20). The Kier molecular flexibility index (Phi) is 3.85. The fraction of sp³-hybridized carbons (Fsp3) is 0. The highest BCUT2D eigenvalue weighted by Gasteiger charge is 2.19. The van der Waals surface area contributed by atoms with Crippen LogP contribution in [0.5, 0.6) is 0 Å². The predicted octanol–water partition coefficient (Wildman–Crippen LogP) is 5.60. The first-order chi connectivity index (χ1) is 10.1. The second-order valence-corrected chi connectivity index (χ2v) is 6.16. The summed E-state index contributed by atoms with van der Waals surface area (Å²) in [6.07, 6.45) is 0. The molecule has 2 aromatic carbocycles. The Balaban J connectivity index is 1.99. The first kappa shape index (κ1) is 14.3. The van der Waals surface area contributed by atoms with Crippen molar-refractivity contribution in [1.29, 1.82) is 0 Å². The molecule has 2 nitrogen and oxygen atoms in total. The van der Waals surface area contributed by atoms with Gasteiger partial charge in [-0.3, -0.25) is 4.79 Å². The number of fused-ring (bicyclic) bond motifs is 1. The number of benzene rings is 2. The van der Waals surface area contributed by atoms with Gasteiger partial charge in [0.15, 0.2) is 0 Å². The third-order valence-electron chi connectivity index (χ3n) is 2.89. The van der Waals surface area contributed by atoms with E-state index >= 15 is 0 Å². The minimum absolute atomic E-state index is 0.314. The lowest BCUT2D eigenvalue weighted by molar-refractivity contribution is 0.103. The van der Waals surface area contributed by atoms with Crippen LogP contribution in [0.4, 0.5) is 10.1 Å². The Bertz CT molecular complexity index is 847. The lowest BCUT2D eigenvalue weighted by Crippen LogP contribution is -2.10. The fourth-order valence-corrected chi connectivity index (χ4v) is 3.82. The van der Waals surface area contributed by atoms with Gasteiger partial charge in [-0.25, -0.2) is 4.39 Å². The highest BCUT2D eigenvalue weighted by Crippen LogP contribution is 2.39. The summed E-state index contributed by atoms with van der Waals surface area (Å²) in [7, 11) is 0. The normalized spacial score (nSPS) is 10.8. The number of thiophene rings is 1. The van der Waals surface area contributed by atoms with Gasteiger partial charge in [-0.1, -0.05) is 35.3 Å². The minimum atomic E-state index is -0.418. The average Bonchev–Trinajstić information content (AvgIpc) is 2.77. The number of amides is 1. The Labute approximate surface area is 134 Å².